The summed E-state index contributed by atoms with van der Waals surface area (Å²) in [5, 5.41) is 4.64. The van der Waals surface area contributed by atoms with Crippen molar-refractivity contribution in [2.45, 2.75) is 29.1 Å². The van der Waals surface area contributed by atoms with Crippen molar-refractivity contribution in [1.82, 2.24) is 4.40 Å². The number of rotatable bonds is 0. The molecule has 8 aliphatic rings. The molecule has 20 rings (SSSR count). The maximum Gasteiger partial charge on any atom is 0.175 e. The Kier molecular flexibility index (Phi) is 6.31. The average Bonchev–Trinajstić information content (AvgIpc) is 4.03. The Labute approximate surface area is 402 Å². The van der Waals surface area contributed by atoms with Gasteiger partial charge in [-0.3, -0.25) is 9.59 Å². The van der Waals surface area contributed by atoms with E-state index in [1.54, 1.807) is 0 Å². The number of ketones is 2. The third-order valence-electron chi connectivity index (χ3n) is 18.0. The quantitative estimate of drug-likeness (QED) is 0.152. The zero-order valence-electron chi connectivity index (χ0n) is 37.6. The number of hydrogen-bond donors (Lipinski definition) is 0. The van der Waals surface area contributed by atoms with Crippen LogP contribution in [0.15, 0.2) is 200 Å². The third-order valence-corrected chi connectivity index (χ3v) is 18.0. The van der Waals surface area contributed by atoms with Crippen LogP contribution < -0.4 is 0 Å². The van der Waals surface area contributed by atoms with Crippen LogP contribution in [0.25, 0.3) is 60.3 Å². The van der Waals surface area contributed by atoms with Gasteiger partial charge in [-0.2, -0.15) is 0 Å². The van der Waals surface area contributed by atoms with Crippen molar-refractivity contribution >= 4 is 49.7 Å². The largest absolute Gasteiger partial charge is 0.308 e. The normalized spacial score (nSPS) is 19.6. The van der Waals surface area contributed by atoms with Crippen LogP contribution >= 0.6 is 0 Å². The van der Waals surface area contributed by atoms with Gasteiger partial charge in [0.1, 0.15) is 0 Å². The van der Waals surface area contributed by atoms with Gasteiger partial charge < -0.3 is 4.40 Å². The van der Waals surface area contributed by atoms with Gasteiger partial charge in [0.05, 0.1) is 33.8 Å². The molecule has 0 aliphatic heterocycles. The van der Waals surface area contributed by atoms with Crippen LogP contribution in [0.2, 0.25) is 0 Å². The molecule has 0 atom stereocenters. The average molecular weight is 888 g/mol. The summed E-state index contributed by atoms with van der Waals surface area (Å²) in [7, 11) is 0. The minimum atomic E-state index is -0.572. The highest BCUT2D eigenvalue weighted by atomic mass is 16.1. The first-order valence-corrected chi connectivity index (χ1v) is 24.7. The number of aromatic nitrogens is 1. The highest BCUT2D eigenvalue weighted by Gasteiger charge is 2.53. The van der Waals surface area contributed by atoms with Crippen LogP contribution in [0, 0.1) is 0 Å². The van der Waals surface area contributed by atoms with Gasteiger partial charge in [-0.25, -0.2) is 0 Å². The Morgan fingerprint density at radius 2 is 0.686 bits per heavy atom. The van der Waals surface area contributed by atoms with E-state index in [1.807, 2.05) is 0 Å². The molecule has 0 fully saturated rings. The van der Waals surface area contributed by atoms with E-state index >= 15 is 9.59 Å². The summed E-state index contributed by atoms with van der Waals surface area (Å²) >= 11 is 0. The molecule has 70 heavy (non-hydrogen) atoms. The molecule has 4 bridgehead atoms. The highest BCUT2D eigenvalue weighted by Crippen LogP contribution is 2.66. The van der Waals surface area contributed by atoms with E-state index in [-0.39, 0.29) is 29.3 Å². The summed E-state index contributed by atoms with van der Waals surface area (Å²) in [6.07, 6.45) is 0. The molecule has 2 aromatic heterocycles. The smallest absolute Gasteiger partial charge is 0.175 e. The van der Waals surface area contributed by atoms with Crippen LogP contribution in [-0.4, -0.2) is 16.0 Å². The second-order valence-electron chi connectivity index (χ2n) is 20.7. The van der Waals surface area contributed by atoms with Crippen LogP contribution in [0.5, 0.6) is 0 Å². The van der Waals surface area contributed by atoms with E-state index in [1.165, 1.54) is 77.5 Å². The van der Waals surface area contributed by atoms with Gasteiger partial charge in [-0.1, -0.05) is 170 Å². The summed E-state index contributed by atoms with van der Waals surface area (Å²) in [5.74, 6) is -0.674. The zero-order valence-corrected chi connectivity index (χ0v) is 37.6. The van der Waals surface area contributed by atoms with Gasteiger partial charge in [0, 0.05) is 44.5 Å². The first-order valence-electron chi connectivity index (χ1n) is 24.7. The molecule has 0 saturated heterocycles. The van der Waals surface area contributed by atoms with Crippen LogP contribution in [0.1, 0.15) is 122 Å². The van der Waals surface area contributed by atoms with E-state index in [0.717, 1.165) is 71.8 Å². The maximum atomic E-state index is 15.6. The van der Waals surface area contributed by atoms with Crippen molar-refractivity contribution in [3.63, 3.8) is 0 Å². The summed E-state index contributed by atoms with van der Waals surface area (Å²) in [6.45, 7) is 0. The molecule has 3 nitrogen and oxygen atoms in total. The number of benzene rings is 10. The van der Waals surface area contributed by atoms with Crippen molar-refractivity contribution in [3.8, 4) is 22.3 Å². The van der Waals surface area contributed by atoms with Gasteiger partial charge >= 0.3 is 0 Å². The second-order valence-corrected chi connectivity index (χ2v) is 20.7. The minimum Gasteiger partial charge on any atom is -0.308 e. The monoisotopic (exact) mass is 887 g/mol. The van der Waals surface area contributed by atoms with Crippen molar-refractivity contribution in [2.24, 2.45) is 0 Å². The Morgan fingerprint density at radius 1 is 0.314 bits per heavy atom. The first kappa shape index (κ1) is 36.4. The number of fused-ring (bicyclic) bond motifs is 17. The molecule has 1 spiro atoms. The van der Waals surface area contributed by atoms with Gasteiger partial charge in [-0.05, 0) is 130 Å². The lowest BCUT2D eigenvalue weighted by Crippen LogP contribution is -2.25. The van der Waals surface area contributed by atoms with Crippen molar-refractivity contribution in [3.05, 3.63) is 289 Å². The molecule has 0 N–H and O–H groups in total. The van der Waals surface area contributed by atoms with Gasteiger partial charge in [0.15, 0.2) is 11.6 Å². The van der Waals surface area contributed by atoms with E-state index in [4.69, 9.17) is 0 Å². The maximum absolute atomic E-state index is 15.6. The van der Waals surface area contributed by atoms with E-state index < -0.39 is 11.3 Å². The van der Waals surface area contributed by atoms with Crippen LogP contribution in [-0.2, 0) is 5.41 Å². The molecule has 2 heterocycles. The molecule has 0 amide bonds. The van der Waals surface area contributed by atoms with Crippen molar-refractivity contribution in [2.75, 3.05) is 0 Å². The molecule has 12 aromatic rings. The lowest BCUT2D eigenvalue weighted by atomic mass is 9.70. The summed E-state index contributed by atoms with van der Waals surface area (Å²) < 4.78 is 2.45. The highest BCUT2D eigenvalue weighted by molar-refractivity contribution is 6.30. The molecule has 3 heteroatoms. The van der Waals surface area contributed by atoms with Gasteiger partial charge in [0.2, 0.25) is 0 Å². The Balaban J connectivity index is 1.04. The molecule has 10 aromatic carbocycles. The predicted octanol–water partition coefficient (Wildman–Crippen LogP) is 14.8. The van der Waals surface area contributed by atoms with E-state index in [9.17, 15) is 0 Å². The molecular weight excluding hydrogens is 851 g/mol. The second kappa shape index (κ2) is 12.1. The molecule has 0 saturated carbocycles. The van der Waals surface area contributed by atoms with Crippen molar-refractivity contribution in [1.29, 1.82) is 0 Å². The SMILES string of the molecule is O=C1c2cc3c(cc2C2c4ccccc4C1c1ccccc12)c1cc2c(c4c5cc6c(cc5n3c14)C(=O)C1c3ccccc3C6c3ccccc31)-c1ccccc1C21c2ccccc2-c2ccccc21. The van der Waals surface area contributed by atoms with Crippen LogP contribution in [0.4, 0.5) is 0 Å². The Morgan fingerprint density at radius 3 is 1.16 bits per heavy atom. The van der Waals surface area contributed by atoms with Gasteiger partial charge in [-0.15, -0.1) is 0 Å². The standard InChI is InChI=1S/C67H37NO2/c69-65-49-32-56-45(29-46(49)58-36-17-1-5-21-40(36)60(65)41-22-6-2-18-37(41)58)48-31-55-62(44-25-11-14-28-54(44)67(55)52-26-12-9-15-34(52)35-16-10-13-27-53(35)67)63-51-30-47-50(33-57(51)68(56)64(48)63)66(70)61-42-23-7-3-19-38(42)59(47)39-20-4-8-24-43(39)61/h1-33,58-61H. The zero-order chi connectivity index (χ0) is 45.5. The Bertz CT molecular complexity index is 4370. The molecule has 0 unspecified atom stereocenters. The number of nitrogens with zero attached hydrogens (tertiary/aromatic N) is 1. The van der Waals surface area contributed by atoms with Gasteiger partial charge in [0.25, 0.3) is 0 Å². The fourth-order valence-corrected chi connectivity index (χ4v) is 15.6. The van der Waals surface area contributed by atoms with E-state index in [2.05, 4.69) is 205 Å². The topological polar surface area (TPSA) is 38.5 Å². The lowest BCUT2D eigenvalue weighted by molar-refractivity contribution is 0.0966. The fraction of sp³-hybridized carbons (Fsp3) is 0.0746. The lowest BCUT2D eigenvalue weighted by Gasteiger charge is -2.30. The molecular formula is C67H37NO2. The fourth-order valence-electron chi connectivity index (χ4n) is 15.6. The number of carbonyl (C=O) groups excluding carboxylic acids is 2. The predicted molar refractivity (Wildman–Crippen MR) is 277 cm³/mol. The number of Topliss-reactive ketones (excluding diaryl/α,β-unsaturated/α-hetero) is 2. The summed E-state index contributed by atoms with van der Waals surface area (Å²) in [5.41, 5.74) is 25.8. The minimum absolute atomic E-state index is 0.0895. The molecule has 0 radical (unpaired) electrons. The molecule has 322 valence electrons. The van der Waals surface area contributed by atoms with E-state index in [0.29, 0.717) is 0 Å². The van der Waals surface area contributed by atoms with Crippen molar-refractivity contribution < 1.29 is 9.59 Å². The van der Waals surface area contributed by atoms with Crippen LogP contribution in [0.3, 0.4) is 0 Å². The summed E-state index contributed by atoms with van der Waals surface area (Å²) in [4.78, 5) is 31.2. The number of hydrogen-bond acceptors (Lipinski definition) is 2. The molecule has 8 aliphatic carbocycles. The third kappa shape index (κ3) is 3.87. The number of carbonyl (C=O) groups is 2. The summed E-state index contributed by atoms with van der Waals surface area (Å²) in [6, 6.07) is 73.5. The Hall–Kier alpha value is -8.66. The first-order chi connectivity index (χ1) is 34.6.